The number of aryl methyl sites for hydroxylation is 1. The van der Waals surface area contributed by atoms with E-state index in [1.165, 1.54) is 18.2 Å². The summed E-state index contributed by atoms with van der Waals surface area (Å²) in [4.78, 5) is 0. The maximum atomic E-state index is 15.0. The lowest BCUT2D eigenvalue weighted by molar-refractivity contribution is -0.138. The predicted octanol–water partition coefficient (Wildman–Crippen LogP) is 11.5. The van der Waals surface area contributed by atoms with E-state index in [9.17, 15) is 39.5 Å². The number of fused-ring (bicyclic) bond motifs is 10. The molecule has 4 aliphatic heterocycles. The summed E-state index contributed by atoms with van der Waals surface area (Å²) >= 11 is 0. The normalized spacial score (nSPS) is 14.9. The minimum absolute atomic E-state index is 0.119. The van der Waals surface area contributed by atoms with Crippen LogP contribution in [0, 0.1) is 6.92 Å². The Morgan fingerprint density at radius 3 is 1.11 bits per heavy atom. The summed E-state index contributed by atoms with van der Waals surface area (Å²) in [6.07, 6.45) is -14.2. The first-order chi connectivity index (χ1) is 29.3. The summed E-state index contributed by atoms with van der Waals surface area (Å²) in [6.45, 7) is 13.2. The van der Waals surface area contributed by atoms with Gasteiger partial charge in [-0.15, -0.1) is 0 Å². The Morgan fingerprint density at radius 1 is 0.349 bits per heavy atom. The second-order valence-corrected chi connectivity index (χ2v) is 20.2. The molecule has 312 valence electrons. The Bertz CT molecular complexity index is 3430. The van der Waals surface area contributed by atoms with Gasteiger partial charge in [-0.25, -0.2) is 0 Å². The van der Waals surface area contributed by atoms with Crippen LogP contribution in [0.1, 0.15) is 74.9 Å². The molecular weight excluding hydrogens is 817 g/mol. The van der Waals surface area contributed by atoms with Crippen molar-refractivity contribution in [2.75, 3.05) is 0 Å². The number of hydrogen-bond acceptors (Lipinski definition) is 0. The van der Waals surface area contributed by atoms with Crippen molar-refractivity contribution in [2.24, 2.45) is 0 Å². The molecule has 0 radical (unpaired) electrons. The van der Waals surface area contributed by atoms with Crippen LogP contribution in [0.2, 0.25) is 0 Å². The topological polar surface area (TPSA) is 0 Å². The first-order valence-corrected chi connectivity index (χ1v) is 21.0. The lowest BCUT2D eigenvalue weighted by Gasteiger charge is -2.35. The monoisotopic (exact) mass is 852 g/mol. The molecule has 0 aromatic heterocycles. The van der Waals surface area contributed by atoms with Crippen molar-refractivity contribution in [1.29, 1.82) is 0 Å². The molecular formula is C52H35B2F9. The van der Waals surface area contributed by atoms with E-state index >= 15 is 0 Å². The summed E-state index contributed by atoms with van der Waals surface area (Å²) in [5, 5.41) is 4.92. The maximum absolute atomic E-state index is 15.0. The van der Waals surface area contributed by atoms with Crippen LogP contribution in [0.25, 0.3) is 76.8 Å². The lowest BCUT2D eigenvalue weighted by Crippen LogP contribution is -2.53. The predicted molar refractivity (Wildman–Crippen MR) is 238 cm³/mol. The highest BCUT2D eigenvalue weighted by molar-refractivity contribution is 7.03. The fourth-order valence-corrected chi connectivity index (χ4v) is 11.9. The molecule has 0 N–H and O–H groups in total. The molecule has 0 spiro atoms. The first-order valence-electron chi connectivity index (χ1n) is 21.0. The van der Waals surface area contributed by atoms with Gasteiger partial charge in [-0.1, -0.05) is 122 Å². The van der Waals surface area contributed by atoms with Gasteiger partial charge in [0.15, 0.2) is 0 Å². The van der Waals surface area contributed by atoms with Crippen LogP contribution in [-0.4, -0.2) is 13.4 Å². The van der Waals surface area contributed by atoms with Crippen LogP contribution < -0.4 is 32.8 Å². The van der Waals surface area contributed by atoms with Crippen molar-refractivity contribution < 1.29 is 39.5 Å². The van der Waals surface area contributed by atoms with Gasteiger partial charge in [-0.2, -0.15) is 39.5 Å². The molecule has 0 aliphatic carbocycles. The van der Waals surface area contributed by atoms with E-state index < -0.39 is 59.5 Å². The van der Waals surface area contributed by atoms with Crippen LogP contribution in [0.15, 0.2) is 84.9 Å². The zero-order valence-corrected chi connectivity index (χ0v) is 35.1. The number of rotatable bonds is 0. The van der Waals surface area contributed by atoms with Gasteiger partial charge in [0.05, 0.1) is 16.7 Å². The standard InChI is InChI=1S/C52H35B2F9/c1-22-8-10-38-26(12-22)30-14-24(51(58,59)60)16-32-28-18-36(48(2,3)4)35-21-41-43-29(19-37(49(5,6)7)34-20-40(53(38)46(30)32)42(28)44(35)45(34)43)33-17-25(52(61,62)63)15-31-27-13-23(50(55,56)57)9-11-39(27)54(41)47(31)33/h8-21H,1-7H3. The third-order valence-electron chi connectivity index (χ3n) is 14.4. The average Bonchev–Trinajstić information content (AvgIpc) is 3.69. The summed E-state index contributed by atoms with van der Waals surface area (Å²) in [5.74, 6) is 0. The van der Waals surface area contributed by atoms with Gasteiger partial charge >= 0.3 is 18.5 Å². The SMILES string of the molecule is Cc1ccc2c(c1)-c1cc(C(F)(F)F)cc3c1B2c1cc2c(C(C)(C)C)cc4c5c(cc6c(C(C)(C)C)cc-3c1c6c25)B1c2ccc(C(F)(F)F)cc2-c2cc(C(F)(F)F)cc-4c21. The van der Waals surface area contributed by atoms with Crippen molar-refractivity contribution in [2.45, 2.75) is 77.8 Å². The molecule has 8 aromatic rings. The van der Waals surface area contributed by atoms with Crippen molar-refractivity contribution in [3.63, 3.8) is 0 Å². The van der Waals surface area contributed by atoms with Gasteiger partial charge < -0.3 is 0 Å². The molecule has 0 saturated heterocycles. The zero-order valence-electron chi connectivity index (χ0n) is 35.1. The highest BCUT2D eigenvalue weighted by atomic mass is 19.4. The molecule has 0 saturated carbocycles. The van der Waals surface area contributed by atoms with Crippen LogP contribution in [0.4, 0.5) is 39.5 Å². The van der Waals surface area contributed by atoms with E-state index in [2.05, 4.69) is 53.7 Å². The maximum Gasteiger partial charge on any atom is 0.416 e. The number of benzene rings is 8. The molecule has 11 heteroatoms. The van der Waals surface area contributed by atoms with Crippen molar-refractivity contribution >= 4 is 78.5 Å². The Kier molecular flexibility index (Phi) is 7.11. The number of halogens is 9. The molecule has 8 aromatic carbocycles. The molecule has 0 fully saturated rings. The van der Waals surface area contributed by atoms with Crippen LogP contribution >= 0.6 is 0 Å². The first kappa shape index (κ1) is 38.9. The molecule has 4 aliphatic rings. The molecule has 0 atom stereocenters. The van der Waals surface area contributed by atoms with E-state index in [1.807, 2.05) is 37.3 Å². The van der Waals surface area contributed by atoms with Crippen molar-refractivity contribution in [3.05, 3.63) is 118 Å². The summed E-state index contributed by atoms with van der Waals surface area (Å²) in [5.41, 5.74) is 7.06. The fourth-order valence-electron chi connectivity index (χ4n) is 11.9. The van der Waals surface area contributed by atoms with Gasteiger partial charge in [-0.05, 0) is 148 Å². The zero-order chi connectivity index (χ0) is 44.6. The number of alkyl halides is 9. The van der Waals surface area contributed by atoms with Crippen LogP contribution in [0.5, 0.6) is 0 Å². The quantitative estimate of drug-likeness (QED) is 0.0810. The Balaban J connectivity index is 1.32. The second-order valence-electron chi connectivity index (χ2n) is 20.2. The van der Waals surface area contributed by atoms with E-state index in [4.69, 9.17) is 0 Å². The van der Waals surface area contributed by atoms with E-state index in [1.54, 1.807) is 0 Å². The van der Waals surface area contributed by atoms with Gasteiger partial charge in [0.25, 0.3) is 0 Å². The molecule has 63 heavy (non-hydrogen) atoms. The molecule has 0 amide bonds. The minimum Gasteiger partial charge on any atom is -0.166 e. The smallest absolute Gasteiger partial charge is 0.166 e. The Hall–Kier alpha value is -5.70. The molecule has 0 bridgehead atoms. The second kappa shape index (κ2) is 11.5. The third-order valence-corrected chi connectivity index (χ3v) is 14.4. The molecule has 0 unspecified atom stereocenters. The summed E-state index contributed by atoms with van der Waals surface area (Å²) in [6, 6.07) is 22.4. The highest BCUT2D eigenvalue weighted by Crippen LogP contribution is 2.52. The summed E-state index contributed by atoms with van der Waals surface area (Å²) in [7, 11) is 0. The Morgan fingerprint density at radius 2 is 0.714 bits per heavy atom. The van der Waals surface area contributed by atoms with Gasteiger partial charge in [-0.3, -0.25) is 0 Å². The van der Waals surface area contributed by atoms with Crippen molar-refractivity contribution in [3.8, 4) is 44.5 Å². The number of hydrogen-bond donors (Lipinski definition) is 0. The largest absolute Gasteiger partial charge is 0.416 e. The van der Waals surface area contributed by atoms with Crippen LogP contribution in [-0.2, 0) is 29.4 Å². The molecule has 4 heterocycles. The average molecular weight is 852 g/mol. The van der Waals surface area contributed by atoms with Gasteiger partial charge in [0, 0.05) is 0 Å². The van der Waals surface area contributed by atoms with E-state index in [0.717, 1.165) is 95.3 Å². The highest BCUT2D eigenvalue weighted by Gasteiger charge is 2.48. The Labute approximate surface area is 357 Å². The minimum atomic E-state index is -4.80. The molecule has 0 nitrogen and oxygen atoms in total. The van der Waals surface area contributed by atoms with Gasteiger partial charge in [0.1, 0.15) is 0 Å². The third kappa shape index (κ3) is 4.99. The molecule has 12 rings (SSSR count). The van der Waals surface area contributed by atoms with Crippen molar-refractivity contribution in [1.82, 2.24) is 0 Å². The van der Waals surface area contributed by atoms with E-state index in [-0.39, 0.29) is 11.1 Å². The lowest BCUT2D eigenvalue weighted by atomic mass is 9.34. The fraction of sp³-hybridized carbons (Fsp3) is 0.231. The van der Waals surface area contributed by atoms with E-state index in [0.29, 0.717) is 44.1 Å². The van der Waals surface area contributed by atoms with Gasteiger partial charge in [0.2, 0.25) is 13.4 Å². The summed E-state index contributed by atoms with van der Waals surface area (Å²) < 4.78 is 133. The van der Waals surface area contributed by atoms with Crippen LogP contribution in [0.3, 0.4) is 0 Å².